The van der Waals surface area contributed by atoms with Crippen LogP contribution in [0.15, 0.2) is 29.4 Å². The van der Waals surface area contributed by atoms with Crippen molar-refractivity contribution >= 4 is 39.1 Å². The molecule has 0 saturated carbocycles. The average molecular weight is 443 g/mol. The summed E-state index contributed by atoms with van der Waals surface area (Å²) >= 11 is 7.20. The first-order chi connectivity index (χ1) is 13.2. The van der Waals surface area contributed by atoms with Crippen LogP contribution in [-0.4, -0.2) is 46.3 Å². The van der Waals surface area contributed by atoms with E-state index in [0.29, 0.717) is 23.0 Å². The molecule has 0 bridgehead atoms. The summed E-state index contributed by atoms with van der Waals surface area (Å²) < 4.78 is 25.1. The lowest BCUT2D eigenvalue weighted by Gasteiger charge is -2.14. The molecule has 28 heavy (non-hydrogen) atoms. The Hall–Kier alpha value is -1.58. The number of nitrogens with one attached hydrogen (secondary N) is 1. The quantitative estimate of drug-likeness (QED) is 0.662. The SMILES string of the molecule is CC(NC(=O)CSc1nnc(CC2CCS(=O)(=O)C2)n1C)c1ccc(Cl)cc1. The zero-order chi connectivity index (χ0) is 20.3. The van der Waals surface area contributed by atoms with Crippen molar-refractivity contribution in [3.05, 3.63) is 40.7 Å². The highest BCUT2D eigenvalue weighted by Crippen LogP contribution is 2.24. The van der Waals surface area contributed by atoms with Gasteiger partial charge in [0.15, 0.2) is 15.0 Å². The Morgan fingerprint density at radius 3 is 2.71 bits per heavy atom. The summed E-state index contributed by atoms with van der Waals surface area (Å²) in [5, 5.41) is 12.6. The minimum absolute atomic E-state index is 0.0919. The van der Waals surface area contributed by atoms with Gasteiger partial charge in [-0.05, 0) is 37.0 Å². The molecule has 1 amide bonds. The Bertz CT molecular complexity index is 944. The van der Waals surface area contributed by atoms with Crippen LogP contribution in [0.2, 0.25) is 5.02 Å². The summed E-state index contributed by atoms with van der Waals surface area (Å²) in [6.07, 6.45) is 1.26. The van der Waals surface area contributed by atoms with Crippen molar-refractivity contribution in [2.24, 2.45) is 13.0 Å². The summed E-state index contributed by atoms with van der Waals surface area (Å²) in [5.74, 6) is 1.44. The summed E-state index contributed by atoms with van der Waals surface area (Å²) in [6.45, 7) is 1.92. The molecule has 152 valence electrons. The molecule has 0 aliphatic carbocycles. The topological polar surface area (TPSA) is 94.0 Å². The second-order valence-electron chi connectivity index (χ2n) is 7.06. The van der Waals surface area contributed by atoms with Crippen LogP contribution in [0.5, 0.6) is 0 Å². The van der Waals surface area contributed by atoms with Gasteiger partial charge in [-0.3, -0.25) is 4.79 Å². The molecule has 2 unspecified atom stereocenters. The number of carbonyl (C=O) groups excluding carboxylic acids is 1. The van der Waals surface area contributed by atoms with E-state index in [1.54, 1.807) is 12.1 Å². The number of hydrogen-bond donors (Lipinski definition) is 1. The molecule has 1 N–H and O–H groups in total. The monoisotopic (exact) mass is 442 g/mol. The van der Waals surface area contributed by atoms with Gasteiger partial charge in [0.2, 0.25) is 5.91 Å². The molecule has 2 aromatic rings. The van der Waals surface area contributed by atoms with Crippen LogP contribution in [0.3, 0.4) is 0 Å². The molecule has 2 heterocycles. The van der Waals surface area contributed by atoms with E-state index < -0.39 is 9.84 Å². The molecule has 1 aromatic carbocycles. The summed E-state index contributed by atoms with van der Waals surface area (Å²) in [5.41, 5.74) is 0.982. The van der Waals surface area contributed by atoms with Crippen molar-refractivity contribution in [3.8, 4) is 0 Å². The fourth-order valence-corrected chi connectivity index (χ4v) is 5.92. The molecular formula is C18H23ClN4O3S2. The number of benzene rings is 1. The Balaban J connectivity index is 1.51. The Morgan fingerprint density at radius 1 is 1.36 bits per heavy atom. The molecule has 0 spiro atoms. The van der Waals surface area contributed by atoms with E-state index >= 15 is 0 Å². The van der Waals surface area contributed by atoms with E-state index in [0.717, 1.165) is 11.4 Å². The molecular weight excluding hydrogens is 420 g/mol. The normalized spacial score (nSPS) is 19.5. The molecule has 10 heteroatoms. The predicted octanol–water partition coefficient (Wildman–Crippen LogP) is 2.42. The van der Waals surface area contributed by atoms with Gasteiger partial charge >= 0.3 is 0 Å². The number of hydrogen-bond acceptors (Lipinski definition) is 6. The highest BCUT2D eigenvalue weighted by atomic mass is 35.5. The fourth-order valence-electron chi connectivity index (χ4n) is 3.19. The van der Waals surface area contributed by atoms with Crippen LogP contribution in [0, 0.1) is 5.92 Å². The third-order valence-corrected chi connectivity index (χ3v) is 7.91. The lowest BCUT2D eigenvalue weighted by molar-refractivity contribution is -0.119. The number of nitrogens with zero attached hydrogens (tertiary/aromatic N) is 3. The molecule has 1 aliphatic rings. The molecule has 2 atom stereocenters. The number of sulfone groups is 1. The van der Waals surface area contributed by atoms with Crippen LogP contribution >= 0.6 is 23.4 Å². The van der Waals surface area contributed by atoms with E-state index in [4.69, 9.17) is 11.6 Å². The first-order valence-corrected chi connectivity index (χ1v) is 12.2. The standard InChI is InChI=1S/C18H23ClN4O3S2/c1-12(14-3-5-15(19)6-4-14)20-17(24)10-27-18-22-21-16(23(18)2)9-13-7-8-28(25,26)11-13/h3-6,12-13H,7-11H2,1-2H3,(H,20,24). The molecule has 1 saturated heterocycles. The highest BCUT2D eigenvalue weighted by molar-refractivity contribution is 7.99. The Kier molecular flexibility index (Phi) is 6.67. The molecule has 7 nitrogen and oxygen atoms in total. The predicted molar refractivity (Wildman–Crippen MR) is 110 cm³/mol. The van der Waals surface area contributed by atoms with Gasteiger partial charge in [-0.1, -0.05) is 35.5 Å². The van der Waals surface area contributed by atoms with Crippen molar-refractivity contribution in [1.82, 2.24) is 20.1 Å². The van der Waals surface area contributed by atoms with Gasteiger partial charge in [0, 0.05) is 18.5 Å². The van der Waals surface area contributed by atoms with E-state index in [2.05, 4.69) is 15.5 Å². The van der Waals surface area contributed by atoms with Crippen molar-refractivity contribution in [2.75, 3.05) is 17.3 Å². The highest BCUT2D eigenvalue weighted by Gasteiger charge is 2.29. The van der Waals surface area contributed by atoms with Gasteiger partial charge < -0.3 is 9.88 Å². The van der Waals surface area contributed by atoms with Gasteiger partial charge in [0.25, 0.3) is 0 Å². The maximum atomic E-state index is 12.3. The maximum absolute atomic E-state index is 12.3. The molecule has 1 aliphatic heterocycles. The molecule has 1 aromatic heterocycles. The summed E-state index contributed by atoms with van der Waals surface area (Å²) in [7, 11) is -1.06. The smallest absolute Gasteiger partial charge is 0.230 e. The van der Waals surface area contributed by atoms with Crippen LogP contribution in [0.25, 0.3) is 0 Å². The fraction of sp³-hybridized carbons (Fsp3) is 0.500. The Morgan fingerprint density at radius 2 is 2.07 bits per heavy atom. The second kappa shape index (κ2) is 8.84. The van der Waals surface area contributed by atoms with Crippen LogP contribution in [-0.2, 0) is 28.1 Å². The second-order valence-corrected chi connectivity index (χ2v) is 10.7. The minimum atomic E-state index is -2.90. The van der Waals surface area contributed by atoms with Crippen molar-refractivity contribution in [2.45, 2.75) is 31.0 Å². The first kappa shape index (κ1) is 21.1. The average Bonchev–Trinajstić information content (AvgIpc) is 3.16. The Labute approximate surface area is 174 Å². The third kappa shape index (κ3) is 5.48. The third-order valence-electron chi connectivity index (χ3n) is 4.80. The summed E-state index contributed by atoms with van der Waals surface area (Å²) in [6, 6.07) is 7.25. The largest absolute Gasteiger partial charge is 0.349 e. The number of aromatic nitrogens is 3. The number of thioether (sulfide) groups is 1. The first-order valence-electron chi connectivity index (χ1n) is 9.00. The number of rotatable bonds is 7. The zero-order valence-corrected chi connectivity index (χ0v) is 18.1. The van der Waals surface area contributed by atoms with E-state index in [-0.39, 0.29) is 35.1 Å². The van der Waals surface area contributed by atoms with E-state index in [9.17, 15) is 13.2 Å². The number of amides is 1. The molecule has 0 radical (unpaired) electrons. The summed E-state index contributed by atoms with van der Waals surface area (Å²) in [4.78, 5) is 12.3. The van der Waals surface area contributed by atoms with Crippen molar-refractivity contribution < 1.29 is 13.2 Å². The van der Waals surface area contributed by atoms with E-state index in [1.807, 2.05) is 30.7 Å². The maximum Gasteiger partial charge on any atom is 0.230 e. The lowest BCUT2D eigenvalue weighted by Crippen LogP contribution is -2.28. The van der Waals surface area contributed by atoms with Crippen LogP contribution in [0.1, 0.15) is 30.8 Å². The number of carbonyl (C=O) groups is 1. The number of halogens is 1. The molecule has 3 rings (SSSR count). The lowest BCUT2D eigenvalue weighted by atomic mass is 10.1. The zero-order valence-electron chi connectivity index (χ0n) is 15.8. The minimum Gasteiger partial charge on any atom is -0.349 e. The van der Waals surface area contributed by atoms with Gasteiger partial charge in [-0.2, -0.15) is 0 Å². The van der Waals surface area contributed by atoms with Crippen molar-refractivity contribution in [1.29, 1.82) is 0 Å². The van der Waals surface area contributed by atoms with Gasteiger partial charge in [0.1, 0.15) is 5.82 Å². The van der Waals surface area contributed by atoms with Gasteiger partial charge in [-0.25, -0.2) is 8.42 Å². The van der Waals surface area contributed by atoms with E-state index in [1.165, 1.54) is 11.8 Å². The van der Waals surface area contributed by atoms with Crippen LogP contribution in [0.4, 0.5) is 0 Å². The molecule has 1 fully saturated rings. The van der Waals surface area contributed by atoms with Gasteiger partial charge in [-0.15, -0.1) is 10.2 Å². The van der Waals surface area contributed by atoms with Gasteiger partial charge in [0.05, 0.1) is 23.3 Å². The van der Waals surface area contributed by atoms with Crippen molar-refractivity contribution in [3.63, 3.8) is 0 Å². The van der Waals surface area contributed by atoms with Crippen LogP contribution < -0.4 is 5.32 Å².